The van der Waals surface area contributed by atoms with Gasteiger partial charge in [0.05, 0.1) is 6.54 Å². The van der Waals surface area contributed by atoms with Gasteiger partial charge in [0.25, 0.3) is 0 Å². The Morgan fingerprint density at radius 3 is 2.50 bits per heavy atom. The highest BCUT2D eigenvalue weighted by molar-refractivity contribution is 14.0. The lowest BCUT2D eigenvalue weighted by Crippen LogP contribution is -2.42. The van der Waals surface area contributed by atoms with E-state index in [0.29, 0.717) is 12.5 Å². The summed E-state index contributed by atoms with van der Waals surface area (Å²) in [6, 6.07) is 14.0. The van der Waals surface area contributed by atoms with Crippen molar-refractivity contribution in [3.63, 3.8) is 0 Å². The Morgan fingerprint density at radius 2 is 1.85 bits per heavy atom. The molecule has 0 heterocycles. The summed E-state index contributed by atoms with van der Waals surface area (Å²) in [5.41, 5.74) is 2.75. The Hall–Kier alpha value is -2.16. The summed E-state index contributed by atoms with van der Waals surface area (Å²) in [5.74, 6) is 0.169. The van der Waals surface area contributed by atoms with Crippen molar-refractivity contribution >= 4 is 41.5 Å². The van der Waals surface area contributed by atoms with Gasteiger partial charge in [-0.3, -0.25) is 9.79 Å². The largest absolute Gasteiger partial charge is 0.356 e. The lowest BCUT2D eigenvalue weighted by molar-refractivity contribution is -0.115. The second kappa shape index (κ2) is 11.5. The number of guanidine groups is 1. The molecule has 7 heteroatoms. The molecule has 0 aliphatic heterocycles. The molecular formula is C19H24FIN4O. The third-order valence-electron chi connectivity index (χ3n) is 3.69. The number of aliphatic imine (C=N–C) groups is 1. The van der Waals surface area contributed by atoms with E-state index in [2.05, 4.69) is 20.9 Å². The summed E-state index contributed by atoms with van der Waals surface area (Å²) < 4.78 is 13.1. The van der Waals surface area contributed by atoms with Crippen LogP contribution < -0.4 is 16.0 Å². The molecule has 0 atom stereocenters. The van der Waals surface area contributed by atoms with Crippen molar-refractivity contribution < 1.29 is 9.18 Å². The summed E-state index contributed by atoms with van der Waals surface area (Å²) in [4.78, 5) is 16.0. The summed E-state index contributed by atoms with van der Waals surface area (Å²) in [5, 5.41) is 8.91. The smallest absolute Gasteiger partial charge is 0.243 e. The van der Waals surface area contributed by atoms with E-state index in [9.17, 15) is 9.18 Å². The maximum atomic E-state index is 13.1. The van der Waals surface area contributed by atoms with E-state index in [-0.39, 0.29) is 42.2 Å². The number of nitrogens with one attached hydrogen (secondary N) is 3. The fourth-order valence-corrected chi connectivity index (χ4v) is 2.37. The number of para-hydroxylation sites is 1. The van der Waals surface area contributed by atoms with Gasteiger partial charge < -0.3 is 16.0 Å². The standard InChI is InChI=1S/C19H23FN4O.HI/c1-14-12-16(20)9-8-15(14)10-11-22-19(21-2)23-13-18(25)24-17-6-4-3-5-7-17;/h3-9,12H,10-11,13H2,1-2H3,(H,24,25)(H2,21,22,23);1H. The van der Waals surface area contributed by atoms with Gasteiger partial charge in [-0.25, -0.2) is 4.39 Å². The van der Waals surface area contributed by atoms with Crippen molar-refractivity contribution in [1.82, 2.24) is 10.6 Å². The highest BCUT2D eigenvalue weighted by Gasteiger charge is 2.05. The maximum absolute atomic E-state index is 13.1. The number of carbonyl (C=O) groups is 1. The van der Waals surface area contributed by atoms with Crippen molar-refractivity contribution in [3.8, 4) is 0 Å². The number of carbonyl (C=O) groups excluding carboxylic acids is 1. The van der Waals surface area contributed by atoms with E-state index in [0.717, 1.165) is 23.2 Å². The molecule has 0 spiro atoms. The molecular weight excluding hydrogens is 446 g/mol. The quantitative estimate of drug-likeness (QED) is 0.346. The van der Waals surface area contributed by atoms with E-state index in [4.69, 9.17) is 0 Å². The molecule has 0 bridgehead atoms. The maximum Gasteiger partial charge on any atom is 0.243 e. The number of anilines is 1. The summed E-state index contributed by atoms with van der Waals surface area (Å²) >= 11 is 0. The minimum absolute atomic E-state index is 0. The first-order valence-corrected chi connectivity index (χ1v) is 8.13. The predicted molar refractivity (Wildman–Crippen MR) is 115 cm³/mol. The van der Waals surface area contributed by atoms with Crippen LogP contribution in [0.3, 0.4) is 0 Å². The zero-order valence-corrected chi connectivity index (χ0v) is 17.2. The molecule has 2 rings (SSSR count). The van der Waals surface area contributed by atoms with Crippen LogP contribution in [0.2, 0.25) is 0 Å². The number of aryl methyl sites for hydroxylation is 1. The second-order valence-electron chi connectivity index (χ2n) is 5.59. The molecule has 0 aromatic heterocycles. The Labute approximate surface area is 170 Å². The third-order valence-corrected chi connectivity index (χ3v) is 3.69. The van der Waals surface area contributed by atoms with Gasteiger partial charge in [0.15, 0.2) is 5.96 Å². The number of benzene rings is 2. The first-order chi connectivity index (χ1) is 12.1. The summed E-state index contributed by atoms with van der Waals surface area (Å²) in [6.45, 7) is 2.63. The SMILES string of the molecule is CN=C(NCCc1ccc(F)cc1C)NCC(=O)Nc1ccccc1.I. The molecule has 0 unspecified atom stereocenters. The second-order valence-corrected chi connectivity index (χ2v) is 5.59. The normalized spacial score (nSPS) is 10.7. The van der Waals surface area contributed by atoms with Crippen LogP contribution in [0, 0.1) is 12.7 Å². The first-order valence-electron chi connectivity index (χ1n) is 8.13. The van der Waals surface area contributed by atoms with Gasteiger partial charge in [-0.15, -0.1) is 24.0 Å². The third kappa shape index (κ3) is 7.38. The molecule has 0 fully saturated rings. The predicted octanol–water partition coefficient (Wildman–Crippen LogP) is 3.10. The Morgan fingerprint density at radius 1 is 1.12 bits per heavy atom. The van der Waals surface area contributed by atoms with E-state index < -0.39 is 0 Å². The van der Waals surface area contributed by atoms with Crippen molar-refractivity contribution in [2.75, 3.05) is 25.5 Å². The molecule has 2 aromatic carbocycles. The van der Waals surface area contributed by atoms with Crippen LogP contribution in [0.4, 0.5) is 10.1 Å². The van der Waals surface area contributed by atoms with Crippen LogP contribution in [-0.2, 0) is 11.2 Å². The van der Waals surface area contributed by atoms with Crippen LogP contribution in [0.15, 0.2) is 53.5 Å². The first kappa shape index (κ1) is 21.9. The molecule has 1 amide bonds. The molecule has 0 saturated carbocycles. The van der Waals surface area contributed by atoms with Gasteiger partial charge in [0.2, 0.25) is 5.91 Å². The highest BCUT2D eigenvalue weighted by Crippen LogP contribution is 2.10. The Balaban J connectivity index is 0.00000338. The van der Waals surface area contributed by atoms with Gasteiger partial charge >= 0.3 is 0 Å². The van der Waals surface area contributed by atoms with Gasteiger partial charge in [-0.1, -0.05) is 24.3 Å². The van der Waals surface area contributed by atoms with Gasteiger partial charge in [0, 0.05) is 19.3 Å². The Kier molecular flexibility index (Phi) is 9.64. The zero-order chi connectivity index (χ0) is 18.1. The molecule has 0 aliphatic carbocycles. The minimum Gasteiger partial charge on any atom is -0.356 e. The average molecular weight is 470 g/mol. The molecule has 5 nitrogen and oxygen atoms in total. The molecule has 3 N–H and O–H groups in total. The van der Waals surface area contributed by atoms with E-state index >= 15 is 0 Å². The number of rotatable bonds is 6. The number of hydrogen-bond acceptors (Lipinski definition) is 2. The van der Waals surface area contributed by atoms with Crippen LogP contribution in [0.5, 0.6) is 0 Å². The molecule has 2 aromatic rings. The van der Waals surface area contributed by atoms with Gasteiger partial charge in [-0.05, 0) is 48.7 Å². The minimum atomic E-state index is -0.226. The lowest BCUT2D eigenvalue weighted by Gasteiger charge is -2.13. The van der Waals surface area contributed by atoms with Crippen LogP contribution in [-0.4, -0.2) is 32.0 Å². The average Bonchev–Trinajstić information content (AvgIpc) is 2.60. The van der Waals surface area contributed by atoms with Crippen LogP contribution in [0.1, 0.15) is 11.1 Å². The van der Waals surface area contributed by atoms with Crippen molar-refractivity contribution in [3.05, 3.63) is 65.5 Å². The van der Waals surface area contributed by atoms with Crippen molar-refractivity contribution in [1.29, 1.82) is 0 Å². The number of amides is 1. The lowest BCUT2D eigenvalue weighted by atomic mass is 10.1. The molecule has 140 valence electrons. The van der Waals surface area contributed by atoms with Crippen LogP contribution in [0.25, 0.3) is 0 Å². The van der Waals surface area contributed by atoms with Crippen molar-refractivity contribution in [2.45, 2.75) is 13.3 Å². The topological polar surface area (TPSA) is 65.5 Å². The molecule has 0 radical (unpaired) electrons. The zero-order valence-electron chi connectivity index (χ0n) is 14.9. The monoisotopic (exact) mass is 470 g/mol. The van der Waals surface area contributed by atoms with E-state index in [1.165, 1.54) is 12.1 Å². The number of hydrogen-bond donors (Lipinski definition) is 3. The van der Waals surface area contributed by atoms with Gasteiger partial charge in [0.1, 0.15) is 5.82 Å². The van der Waals surface area contributed by atoms with Crippen molar-refractivity contribution in [2.24, 2.45) is 4.99 Å². The van der Waals surface area contributed by atoms with Gasteiger partial charge in [-0.2, -0.15) is 0 Å². The van der Waals surface area contributed by atoms with Crippen LogP contribution >= 0.6 is 24.0 Å². The number of nitrogens with zero attached hydrogens (tertiary/aromatic N) is 1. The molecule has 0 saturated heterocycles. The fourth-order valence-electron chi connectivity index (χ4n) is 2.37. The van der Waals surface area contributed by atoms with E-state index in [1.54, 1.807) is 13.1 Å². The fraction of sp³-hybridized carbons (Fsp3) is 0.263. The summed E-state index contributed by atoms with van der Waals surface area (Å²) in [6.07, 6.45) is 0.739. The molecule has 26 heavy (non-hydrogen) atoms. The Bertz CT molecular complexity index is 738. The highest BCUT2D eigenvalue weighted by atomic mass is 127. The van der Waals surface area contributed by atoms with E-state index in [1.807, 2.05) is 37.3 Å². The molecule has 0 aliphatic rings. The summed E-state index contributed by atoms with van der Waals surface area (Å²) in [7, 11) is 1.65. The number of halogens is 2.